The standard InChI is InChI=1S/C32H35FN6O4/c1-20-27(40)9-6-14-39(20)32(42)26-18-25-24(22-8-3-4-10-28(22)43-2)17-23(30(33)31(25)35-26)21-7-5-13-37(19-21)29(41)11-15-38-16-12-34-36-38/h3-4,7-8,10,12,16-18,20,27,35,40H,5-6,9,11,13-15,19H2,1-2H3. The van der Waals surface area contributed by atoms with Gasteiger partial charge in [-0.15, -0.1) is 5.10 Å². The Morgan fingerprint density at radius 2 is 2.00 bits per heavy atom. The van der Waals surface area contributed by atoms with Gasteiger partial charge in [0.1, 0.15) is 11.4 Å². The Morgan fingerprint density at radius 3 is 2.79 bits per heavy atom. The number of aryl methyl sites for hydroxylation is 1. The molecule has 1 saturated heterocycles. The first kappa shape index (κ1) is 28.6. The third-order valence-electron chi connectivity index (χ3n) is 8.56. The topological polar surface area (TPSA) is 117 Å². The van der Waals surface area contributed by atoms with Crippen LogP contribution in [0.4, 0.5) is 4.39 Å². The number of H-pyrrole nitrogens is 1. The summed E-state index contributed by atoms with van der Waals surface area (Å²) in [4.78, 5) is 33.2. The number of piperidine rings is 1. The zero-order valence-electron chi connectivity index (χ0n) is 24.3. The minimum Gasteiger partial charge on any atom is -0.496 e. The van der Waals surface area contributed by atoms with Crippen molar-refractivity contribution in [3.8, 4) is 16.9 Å². The summed E-state index contributed by atoms with van der Waals surface area (Å²) >= 11 is 0. The van der Waals surface area contributed by atoms with Crippen molar-refractivity contribution >= 4 is 28.3 Å². The van der Waals surface area contributed by atoms with E-state index in [-0.39, 0.29) is 42.0 Å². The fraction of sp³-hybridized carbons (Fsp3) is 0.375. The van der Waals surface area contributed by atoms with Gasteiger partial charge in [0, 0.05) is 48.8 Å². The van der Waals surface area contributed by atoms with Crippen LogP contribution >= 0.6 is 0 Å². The van der Waals surface area contributed by atoms with Crippen molar-refractivity contribution in [2.75, 3.05) is 26.7 Å². The molecule has 0 bridgehead atoms. The summed E-state index contributed by atoms with van der Waals surface area (Å²) in [5.74, 6) is -0.193. The largest absolute Gasteiger partial charge is 0.496 e. The van der Waals surface area contributed by atoms with Crippen LogP contribution in [0.25, 0.3) is 27.6 Å². The van der Waals surface area contributed by atoms with Crippen LogP contribution in [0.2, 0.25) is 0 Å². The molecule has 43 heavy (non-hydrogen) atoms. The lowest BCUT2D eigenvalue weighted by Crippen LogP contribution is -2.49. The SMILES string of the molecule is COc1ccccc1-c1cc(C2=CCCN(C(=O)CCn3ccnn3)C2)c(F)c2[nH]c(C(=O)N3CCCC(O)C3C)cc12. The molecule has 1 fully saturated rings. The van der Waals surface area contributed by atoms with E-state index < -0.39 is 11.9 Å². The molecule has 4 heterocycles. The number of halogens is 1. The van der Waals surface area contributed by atoms with Gasteiger partial charge in [0.05, 0.1) is 37.5 Å². The van der Waals surface area contributed by atoms with Gasteiger partial charge >= 0.3 is 0 Å². The first-order chi connectivity index (χ1) is 20.9. The van der Waals surface area contributed by atoms with Gasteiger partial charge in [-0.2, -0.15) is 0 Å². The van der Waals surface area contributed by atoms with Crippen molar-refractivity contribution in [2.24, 2.45) is 0 Å². The summed E-state index contributed by atoms with van der Waals surface area (Å²) in [6.45, 7) is 3.58. The Labute approximate surface area is 248 Å². The van der Waals surface area contributed by atoms with E-state index >= 15 is 4.39 Å². The minimum atomic E-state index is -0.602. The quantitative estimate of drug-likeness (QED) is 0.334. The molecule has 11 heteroatoms. The van der Waals surface area contributed by atoms with Crippen molar-refractivity contribution in [1.29, 1.82) is 0 Å². The molecule has 0 spiro atoms. The van der Waals surface area contributed by atoms with E-state index in [0.29, 0.717) is 66.7 Å². The summed E-state index contributed by atoms with van der Waals surface area (Å²) in [7, 11) is 1.59. The predicted molar refractivity (Wildman–Crippen MR) is 160 cm³/mol. The van der Waals surface area contributed by atoms with Gasteiger partial charge < -0.3 is 24.6 Å². The average Bonchev–Trinajstić information content (AvgIpc) is 3.72. The number of rotatable bonds is 7. The molecule has 2 aromatic heterocycles. The number of aromatic nitrogens is 4. The molecule has 2 unspecified atom stereocenters. The van der Waals surface area contributed by atoms with Gasteiger partial charge in [0.25, 0.3) is 5.91 Å². The number of likely N-dealkylation sites (tertiary alicyclic amines) is 1. The van der Waals surface area contributed by atoms with Crippen molar-refractivity contribution in [2.45, 2.75) is 51.3 Å². The number of carbonyl (C=O) groups is 2. The number of ether oxygens (including phenoxy) is 1. The minimum absolute atomic E-state index is 0.0434. The Morgan fingerprint density at radius 1 is 1.16 bits per heavy atom. The number of nitrogens with one attached hydrogen (secondary N) is 1. The van der Waals surface area contributed by atoms with Gasteiger partial charge in [-0.25, -0.2) is 4.39 Å². The van der Waals surface area contributed by atoms with Crippen LogP contribution < -0.4 is 4.74 Å². The summed E-state index contributed by atoms with van der Waals surface area (Å²) < 4.78 is 23.7. The molecule has 2 aromatic carbocycles. The number of aliphatic hydroxyl groups is 1. The number of benzene rings is 2. The molecule has 2 atom stereocenters. The summed E-state index contributed by atoms with van der Waals surface area (Å²) in [6.07, 6.45) is 6.85. The second-order valence-corrected chi connectivity index (χ2v) is 11.2. The van der Waals surface area contributed by atoms with Gasteiger partial charge in [-0.1, -0.05) is 29.5 Å². The lowest BCUT2D eigenvalue weighted by molar-refractivity contribution is -0.131. The molecule has 4 aromatic rings. The zero-order chi connectivity index (χ0) is 30.1. The maximum Gasteiger partial charge on any atom is 0.270 e. The highest BCUT2D eigenvalue weighted by Crippen LogP contribution is 2.40. The Balaban J connectivity index is 1.39. The molecular formula is C32H35FN6O4. The average molecular weight is 587 g/mol. The number of para-hydroxylation sites is 1. The highest BCUT2D eigenvalue weighted by molar-refractivity contribution is 6.05. The molecule has 0 radical (unpaired) electrons. The Kier molecular flexibility index (Phi) is 7.98. The van der Waals surface area contributed by atoms with E-state index in [1.54, 1.807) is 46.1 Å². The molecule has 0 aliphatic carbocycles. The molecule has 2 N–H and O–H groups in total. The summed E-state index contributed by atoms with van der Waals surface area (Å²) in [5.41, 5.74) is 3.00. The van der Waals surface area contributed by atoms with Crippen LogP contribution in [0.5, 0.6) is 5.75 Å². The first-order valence-electron chi connectivity index (χ1n) is 14.6. The number of carbonyl (C=O) groups excluding carboxylic acids is 2. The zero-order valence-corrected chi connectivity index (χ0v) is 24.3. The van der Waals surface area contributed by atoms with E-state index in [0.717, 1.165) is 5.56 Å². The van der Waals surface area contributed by atoms with Gasteiger partial charge in [-0.05, 0) is 55.5 Å². The number of hydrogen-bond acceptors (Lipinski definition) is 6. The molecule has 6 rings (SSSR count). The molecular weight excluding hydrogens is 551 g/mol. The highest BCUT2D eigenvalue weighted by atomic mass is 19.1. The van der Waals surface area contributed by atoms with E-state index in [2.05, 4.69) is 15.3 Å². The van der Waals surface area contributed by atoms with E-state index in [9.17, 15) is 14.7 Å². The molecule has 224 valence electrons. The van der Waals surface area contributed by atoms with E-state index in [1.165, 1.54) is 0 Å². The Bertz CT molecular complexity index is 1680. The fourth-order valence-electron chi connectivity index (χ4n) is 6.14. The van der Waals surface area contributed by atoms with E-state index in [1.807, 2.05) is 37.3 Å². The number of nitrogens with zero attached hydrogens (tertiary/aromatic N) is 5. The van der Waals surface area contributed by atoms with Crippen molar-refractivity contribution < 1.29 is 23.8 Å². The van der Waals surface area contributed by atoms with Crippen molar-refractivity contribution in [1.82, 2.24) is 29.8 Å². The molecule has 2 aliphatic heterocycles. The van der Waals surface area contributed by atoms with Crippen LogP contribution in [0, 0.1) is 5.82 Å². The molecule has 2 amide bonds. The van der Waals surface area contributed by atoms with Crippen LogP contribution in [-0.2, 0) is 11.3 Å². The number of aliphatic hydroxyl groups excluding tert-OH is 1. The highest BCUT2D eigenvalue weighted by Gasteiger charge is 2.32. The predicted octanol–water partition coefficient (Wildman–Crippen LogP) is 4.27. The number of methoxy groups -OCH3 is 1. The number of fused-ring (bicyclic) bond motifs is 1. The van der Waals surface area contributed by atoms with Gasteiger partial charge in [-0.3, -0.25) is 14.3 Å². The van der Waals surface area contributed by atoms with Crippen molar-refractivity contribution in [3.63, 3.8) is 0 Å². The fourth-order valence-corrected chi connectivity index (χ4v) is 6.14. The Hall–Kier alpha value is -4.51. The maximum atomic E-state index is 16.5. The third-order valence-corrected chi connectivity index (χ3v) is 8.56. The number of hydrogen-bond donors (Lipinski definition) is 2. The first-order valence-corrected chi connectivity index (χ1v) is 14.6. The monoisotopic (exact) mass is 586 g/mol. The number of aromatic amines is 1. The normalized spacial score (nSPS) is 19.0. The molecule has 2 aliphatic rings. The van der Waals surface area contributed by atoms with E-state index in [4.69, 9.17) is 4.74 Å². The van der Waals surface area contributed by atoms with Crippen LogP contribution in [0.1, 0.15) is 48.7 Å². The second-order valence-electron chi connectivity index (χ2n) is 11.2. The lowest BCUT2D eigenvalue weighted by atomic mass is 9.92. The smallest absolute Gasteiger partial charge is 0.270 e. The summed E-state index contributed by atoms with van der Waals surface area (Å²) in [5, 5.41) is 18.6. The summed E-state index contributed by atoms with van der Waals surface area (Å²) in [6, 6.07) is 10.6. The maximum absolute atomic E-state index is 16.5. The van der Waals surface area contributed by atoms with Crippen LogP contribution in [0.15, 0.2) is 54.9 Å². The van der Waals surface area contributed by atoms with Crippen molar-refractivity contribution in [3.05, 3.63) is 71.9 Å². The third kappa shape index (κ3) is 5.52. The van der Waals surface area contributed by atoms with Crippen LogP contribution in [0.3, 0.4) is 0 Å². The molecule has 0 saturated carbocycles. The molecule has 10 nitrogen and oxygen atoms in total. The lowest BCUT2D eigenvalue weighted by Gasteiger charge is -2.36. The second kappa shape index (κ2) is 12.0. The van der Waals surface area contributed by atoms with Crippen LogP contribution in [-0.4, -0.2) is 85.6 Å². The van der Waals surface area contributed by atoms with Gasteiger partial charge in [0.15, 0.2) is 5.82 Å². The number of amides is 2. The van der Waals surface area contributed by atoms with Gasteiger partial charge in [0.2, 0.25) is 5.91 Å².